The van der Waals surface area contributed by atoms with Gasteiger partial charge >= 0.3 is 0 Å². The number of carbonyl (C=O) groups is 1. The number of hydrogen-bond acceptors (Lipinski definition) is 5. The number of nitrogens with one attached hydrogen (secondary N) is 1. The van der Waals surface area contributed by atoms with E-state index in [-0.39, 0.29) is 31.0 Å². The third-order valence-electron chi connectivity index (χ3n) is 7.04. The Kier molecular flexibility index (Phi) is 9.29. The first-order chi connectivity index (χ1) is 20.4. The zero-order valence-corrected chi connectivity index (χ0v) is 24.2. The Morgan fingerprint density at radius 2 is 1.64 bits per heavy atom. The van der Waals surface area contributed by atoms with Crippen LogP contribution in [0, 0.1) is 11.6 Å². The van der Waals surface area contributed by atoms with Gasteiger partial charge in [-0.1, -0.05) is 70.5 Å². The molecule has 4 aromatic rings. The molecule has 6 nitrogen and oxygen atoms in total. The molecule has 0 aromatic heterocycles. The molecule has 216 valence electrons. The fourth-order valence-corrected chi connectivity index (χ4v) is 5.29. The van der Waals surface area contributed by atoms with Crippen LogP contribution in [0.15, 0.2) is 107 Å². The third kappa shape index (κ3) is 6.37. The molecule has 1 aliphatic rings. The van der Waals surface area contributed by atoms with E-state index in [9.17, 15) is 13.6 Å². The first-order valence-corrected chi connectivity index (χ1v) is 14.3. The Hall–Kier alpha value is -4.08. The first-order valence-electron chi connectivity index (χ1n) is 13.5. The van der Waals surface area contributed by atoms with E-state index in [0.717, 1.165) is 27.7 Å². The minimum absolute atomic E-state index is 0.0365. The van der Waals surface area contributed by atoms with Gasteiger partial charge in [0.05, 0.1) is 6.61 Å². The molecule has 0 saturated carbocycles. The van der Waals surface area contributed by atoms with Crippen LogP contribution in [0.25, 0.3) is 0 Å². The summed E-state index contributed by atoms with van der Waals surface area (Å²) in [6.07, 6.45) is -0.183. The maximum absolute atomic E-state index is 14.5. The van der Waals surface area contributed by atoms with Gasteiger partial charge in [-0.05, 0) is 53.6 Å². The lowest BCUT2D eigenvalue weighted by Crippen LogP contribution is -2.49. The summed E-state index contributed by atoms with van der Waals surface area (Å²) in [6.45, 7) is 0.0529. The average Bonchev–Trinajstić information content (AvgIpc) is 3.39. The van der Waals surface area contributed by atoms with Crippen molar-refractivity contribution >= 4 is 27.7 Å². The molecule has 1 amide bonds. The van der Waals surface area contributed by atoms with Gasteiger partial charge in [-0.3, -0.25) is 4.79 Å². The molecule has 5 rings (SSSR count). The predicted molar refractivity (Wildman–Crippen MR) is 159 cm³/mol. The summed E-state index contributed by atoms with van der Waals surface area (Å²) in [6, 6.07) is 27.5. The molecule has 0 spiro atoms. The van der Waals surface area contributed by atoms with Crippen molar-refractivity contribution in [1.29, 1.82) is 0 Å². The van der Waals surface area contributed by atoms with Gasteiger partial charge in [0.15, 0.2) is 11.6 Å². The molecule has 0 radical (unpaired) electrons. The number of aliphatic imine (C=N–C) groups is 1. The molecular formula is C33H29BrF2N2O4. The Labute approximate surface area is 251 Å². The Balaban J connectivity index is 1.56. The highest BCUT2D eigenvalue weighted by Crippen LogP contribution is 2.43. The predicted octanol–water partition coefficient (Wildman–Crippen LogP) is 6.30. The van der Waals surface area contributed by atoms with Crippen molar-refractivity contribution in [3.05, 3.63) is 135 Å². The van der Waals surface area contributed by atoms with Gasteiger partial charge in [-0.25, -0.2) is 13.8 Å². The zero-order chi connectivity index (χ0) is 29.5. The van der Waals surface area contributed by atoms with E-state index in [1.165, 1.54) is 6.07 Å². The molecule has 2 N–H and O–H groups in total. The van der Waals surface area contributed by atoms with Crippen LogP contribution in [0.5, 0.6) is 5.75 Å². The second-order valence-electron chi connectivity index (χ2n) is 9.85. The minimum atomic E-state index is -1.52. The van der Waals surface area contributed by atoms with Gasteiger partial charge in [-0.15, -0.1) is 0 Å². The smallest absolute Gasteiger partial charge is 0.252 e. The number of halogens is 3. The fourth-order valence-electron chi connectivity index (χ4n) is 4.87. The van der Waals surface area contributed by atoms with E-state index in [4.69, 9.17) is 19.6 Å². The van der Waals surface area contributed by atoms with E-state index in [2.05, 4.69) is 21.2 Å². The second kappa shape index (κ2) is 13.3. The topological polar surface area (TPSA) is 80.2 Å². The number of aliphatic hydroxyl groups excluding tert-OH is 1. The Morgan fingerprint density at radius 3 is 2.33 bits per heavy atom. The van der Waals surface area contributed by atoms with Gasteiger partial charge in [0.1, 0.15) is 17.4 Å². The summed E-state index contributed by atoms with van der Waals surface area (Å²) < 4.78 is 41.8. The maximum Gasteiger partial charge on any atom is 0.252 e. The molecule has 1 heterocycles. The summed E-state index contributed by atoms with van der Waals surface area (Å²) in [7, 11) is 0. The largest absolute Gasteiger partial charge is 0.494 e. The van der Waals surface area contributed by atoms with Crippen molar-refractivity contribution < 1.29 is 28.2 Å². The second-order valence-corrected chi connectivity index (χ2v) is 10.7. The Bertz CT molecular complexity index is 1550. The van der Waals surface area contributed by atoms with Crippen LogP contribution >= 0.6 is 15.9 Å². The highest BCUT2D eigenvalue weighted by molar-refractivity contribution is 9.10. The lowest BCUT2D eigenvalue weighted by atomic mass is 9.82. The van der Waals surface area contributed by atoms with Gasteiger partial charge in [0, 0.05) is 41.6 Å². The van der Waals surface area contributed by atoms with E-state index in [0.29, 0.717) is 24.3 Å². The average molecular weight is 636 g/mol. The van der Waals surface area contributed by atoms with Crippen molar-refractivity contribution in [3.63, 3.8) is 0 Å². The standard InChI is InChI=1S/C33H29BrF2N2O4/c34-27-11-5-4-10-24(27)20-33(32(40)37-21-26-28(35)12-6-13-29(26)36)30(22-8-2-1-3-9-22)42-31(38-33)23-14-16-25(17-15-23)41-19-7-18-39/h1-6,8-17,30,39H,7,18-21H2,(H,37,40)/t30-,33-/m1/s1. The number of nitrogens with zero attached hydrogens (tertiary/aromatic N) is 1. The van der Waals surface area contributed by atoms with Crippen molar-refractivity contribution in [1.82, 2.24) is 5.32 Å². The maximum atomic E-state index is 14.5. The fraction of sp³-hybridized carbons (Fsp3) is 0.212. The van der Waals surface area contributed by atoms with Crippen LogP contribution in [-0.2, 0) is 22.5 Å². The number of carbonyl (C=O) groups excluding carboxylic acids is 1. The van der Waals surface area contributed by atoms with Crippen LogP contribution in [0.2, 0.25) is 0 Å². The van der Waals surface area contributed by atoms with Crippen LogP contribution in [-0.4, -0.2) is 35.7 Å². The van der Waals surface area contributed by atoms with E-state index < -0.39 is 29.2 Å². The molecule has 0 saturated heterocycles. The van der Waals surface area contributed by atoms with Gasteiger partial charge in [-0.2, -0.15) is 0 Å². The minimum Gasteiger partial charge on any atom is -0.494 e. The van der Waals surface area contributed by atoms with Gasteiger partial charge in [0.2, 0.25) is 5.90 Å². The van der Waals surface area contributed by atoms with Crippen molar-refractivity contribution in [2.24, 2.45) is 4.99 Å². The van der Waals surface area contributed by atoms with Crippen LogP contribution < -0.4 is 10.1 Å². The lowest BCUT2D eigenvalue weighted by Gasteiger charge is -2.31. The summed E-state index contributed by atoms with van der Waals surface area (Å²) in [5, 5.41) is 11.8. The number of amides is 1. The zero-order valence-electron chi connectivity index (χ0n) is 22.6. The molecule has 1 aliphatic heterocycles. The SMILES string of the molecule is O=C(NCc1c(F)cccc1F)[C@]1(Cc2ccccc2Br)N=C(c2ccc(OCCCO)cc2)O[C@@H]1c1ccccc1. The van der Waals surface area contributed by atoms with Crippen LogP contribution in [0.3, 0.4) is 0 Å². The normalized spacial score (nSPS) is 17.8. The molecule has 0 aliphatic carbocycles. The summed E-state index contributed by atoms with van der Waals surface area (Å²) in [5.74, 6) is -1.15. The molecule has 2 atom stereocenters. The van der Waals surface area contributed by atoms with Gasteiger partial charge in [0.25, 0.3) is 5.91 Å². The van der Waals surface area contributed by atoms with Crippen LogP contribution in [0.1, 0.15) is 34.8 Å². The number of aliphatic hydroxyl groups is 1. The summed E-state index contributed by atoms with van der Waals surface area (Å²) in [5.41, 5.74) is 0.412. The van der Waals surface area contributed by atoms with E-state index in [1.54, 1.807) is 24.3 Å². The van der Waals surface area contributed by atoms with Gasteiger partial charge < -0.3 is 19.9 Å². The lowest BCUT2D eigenvalue weighted by molar-refractivity contribution is -0.129. The summed E-state index contributed by atoms with van der Waals surface area (Å²) >= 11 is 3.59. The van der Waals surface area contributed by atoms with Crippen molar-refractivity contribution in [2.75, 3.05) is 13.2 Å². The number of benzene rings is 4. The molecule has 9 heteroatoms. The number of hydrogen-bond donors (Lipinski definition) is 2. The Morgan fingerprint density at radius 1 is 0.952 bits per heavy atom. The molecule has 0 fully saturated rings. The quantitative estimate of drug-likeness (QED) is 0.190. The number of rotatable bonds is 11. The highest BCUT2D eigenvalue weighted by Gasteiger charge is 2.53. The van der Waals surface area contributed by atoms with E-state index >= 15 is 0 Å². The first kappa shape index (κ1) is 29.4. The molecular weight excluding hydrogens is 606 g/mol. The highest BCUT2D eigenvalue weighted by atomic mass is 79.9. The summed E-state index contributed by atoms with van der Waals surface area (Å²) in [4.78, 5) is 19.2. The monoisotopic (exact) mass is 634 g/mol. The third-order valence-corrected chi connectivity index (χ3v) is 7.81. The molecule has 4 aromatic carbocycles. The number of ether oxygens (including phenoxy) is 2. The van der Waals surface area contributed by atoms with Crippen molar-refractivity contribution in [3.8, 4) is 5.75 Å². The molecule has 42 heavy (non-hydrogen) atoms. The van der Waals surface area contributed by atoms with Crippen LogP contribution in [0.4, 0.5) is 8.78 Å². The molecule has 0 unspecified atom stereocenters. The molecule has 0 bridgehead atoms. The van der Waals surface area contributed by atoms with E-state index in [1.807, 2.05) is 54.6 Å². The van der Waals surface area contributed by atoms with Crippen molar-refractivity contribution in [2.45, 2.75) is 31.0 Å².